The predicted octanol–water partition coefficient (Wildman–Crippen LogP) is 3.01. The second kappa shape index (κ2) is 6.20. The first-order valence-electron chi connectivity index (χ1n) is 8.31. The number of aromatic nitrogens is 1. The molecule has 1 atom stereocenters. The van der Waals surface area contributed by atoms with Gasteiger partial charge in [-0.25, -0.2) is 13.1 Å². The van der Waals surface area contributed by atoms with Gasteiger partial charge < -0.3 is 9.72 Å². The monoisotopic (exact) mass is 356 g/mol. The number of fused-ring (bicyclic) bond motifs is 3. The lowest BCUT2D eigenvalue weighted by molar-refractivity contribution is 0.414. The van der Waals surface area contributed by atoms with Crippen LogP contribution in [-0.2, 0) is 22.9 Å². The highest BCUT2D eigenvalue weighted by atomic mass is 32.2. The SMILES string of the molecule is COc1ccc(S(=O)(=O)NC2CCc3c([nH]c4ccccc34)C2)cc1. The van der Waals surface area contributed by atoms with Gasteiger partial charge in [0.1, 0.15) is 5.75 Å². The average Bonchev–Trinajstić information content (AvgIpc) is 2.99. The van der Waals surface area contributed by atoms with Crippen LogP contribution in [0.5, 0.6) is 5.75 Å². The molecule has 1 aliphatic carbocycles. The molecule has 0 fully saturated rings. The van der Waals surface area contributed by atoms with E-state index in [2.05, 4.69) is 21.8 Å². The highest BCUT2D eigenvalue weighted by molar-refractivity contribution is 7.89. The minimum absolute atomic E-state index is 0.104. The van der Waals surface area contributed by atoms with Crippen LogP contribution in [-0.4, -0.2) is 26.6 Å². The van der Waals surface area contributed by atoms with E-state index in [0.29, 0.717) is 12.2 Å². The van der Waals surface area contributed by atoms with Crippen LogP contribution in [0.4, 0.5) is 0 Å². The van der Waals surface area contributed by atoms with Crippen molar-refractivity contribution in [2.24, 2.45) is 0 Å². The number of para-hydroxylation sites is 1. The Labute approximate surface area is 147 Å². The van der Waals surface area contributed by atoms with Crippen molar-refractivity contribution < 1.29 is 13.2 Å². The summed E-state index contributed by atoms with van der Waals surface area (Å²) in [4.78, 5) is 3.70. The molecule has 1 aromatic heterocycles. The summed E-state index contributed by atoms with van der Waals surface area (Å²) in [6, 6.07) is 14.6. The van der Waals surface area contributed by atoms with Crippen LogP contribution in [0.15, 0.2) is 53.4 Å². The minimum atomic E-state index is -3.54. The zero-order valence-corrected chi connectivity index (χ0v) is 14.8. The van der Waals surface area contributed by atoms with Gasteiger partial charge in [0, 0.05) is 29.1 Å². The van der Waals surface area contributed by atoms with Crippen molar-refractivity contribution in [3.63, 3.8) is 0 Å². The van der Waals surface area contributed by atoms with Crippen LogP contribution in [0.3, 0.4) is 0 Å². The molecule has 2 aromatic carbocycles. The van der Waals surface area contributed by atoms with Crippen molar-refractivity contribution >= 4 is 20.9 Å². The lowest BCUT2D eigenvalue weighted by Crippen LogP contribution is -2.38. The predicted molar refractivity (Wildman–Crippen MR) is 97.4 cm³/mol. The first-order chi connectivity index (χ1) is 12.1. The number of hydrogen-bond acceptors (Lipinski definition) is 3. The second-order valence-electron chi connectivity index (χ2n) is 6.36. The van der Waals surface area contributed by atoms with E-state index >= 15 is 0 Å². The zero-order chi connectivity index (χ0) is 17.4. The van der Waals surface area contributed by atoms with Crippen molar-refractivity contribution in [2.45, 2.75) is 30.2 Å². The first-order valence-corrected chi connectivity index (χ1v) is 9.80. The van der Waals surface area contributed by atoms with Crippen molar-refractivity contribution in [3.8, 4) is 5.75 Å². The summed E-state index contributed by atoms with van der Waals surface area (Å²) in [6.45, 7) is 0. The standard InChI is InChI=1S/C19H20N2O3S/c1-24-14-7-9-15(10-8-14)25(22,23)21-13-6-11-17-16-4-2-3-5-18(16)20-19(17)12-13/h2-5,7-10,13,20-21H,6,11-12H2,1H3. The lowest BCUT2D eigenvalue weighted by atomic mass is 9.92. The largest absolute Gasteiger partial charge is 0.497 e. The number of nitrogens with one attached hydrogen (secondary N) is 2. The number of benzene rings is 2. The van der Waals surface area contributed by atoms with Crippen molar-refractivity contribution in [1.82, 2.24) is 9.71 Å². The summed E-state index contributed by atoms with van der Waals surface area (Å²) in [5.74, 6) is 0.638. The van der Waals surface area contributed by atoms with Gasteiger partial charge in [0.25, 0.3) is 0 Å². The van der Waals surface area contributed by atoms with E-state index in [1.54, 1.807) is 31.4 Å². The number of hydrogen-bond donors (Lipinski definition) is 2. The Hall–Kier alpha value is -2.31. The van der Waals surface area contributed by atoms with Crippen molar-refractivity contribution in [1.29, 1.82) is 0 Å². The number of aromatic amines is 1. The summed E-state index contributed by atoms with van der Waals surface area (Å²) >= 11 is 0. The molecule has 2 N–H and O–H groups in total. The summed E-state index contributed by atoms with van der Waals surface area (Å²) in [6.07, 6.45) is 2.35. The molecule has 25 heavy (non-hydrogen) atoms. The molecule has 6 heteroatoms. The number of methoxy groups -OCH3 is 1. The fourth-order valence-corrected chi connectivity index (χ4v) is 4.80. The summed E-state index contributed by atoms with van der Waals surface area (Å²) in [5.41, 5.74) is 3.57. The number of ether oxygens (including phenoxy) is 1. The molecule has 0 spiro atoms. The maximum absolute atomic E-state index is 12.6. The Balaban J connectivity index is 1.55. The number of aryl methyl sites for hydroxylation is 1. The molecular formula is C19H20N2O3S. The molecule has 0 radical (unpaired) electrons. The van der Waals surface area contributed by atoms with Gasteiger partial charge in [0.15, 0.2) is 0 Å². The van der Waals surface area contributed by atoms with E-state index in [0.717, 1.165) is 24.1 Å². The van der Waals surface area contributed by atoms with Crippen LogP contribution >= 0.6 is 0 Å². The van der Waals surface area contributed by atoms with E-state index in [-0.39, 0.29) is 10.9 Å². The molecule has 0 saturated heterocycles. The lowest BCUT2D eigenvalue weighted by Gasteiger charge is -2.23. The van der Waals surface area contributed by atoms with E-state index in [4.69, 9.17) is 4.74 Å². The third kappa shape index (κ3) is 3.03. The Morgan fingerprint density at radius 3 is 2.64 bits per heavy atom. The van der Waals surface area contributed by atoms with Crippen LogP contribution in [0.2, 0.25) is 0 Å². The molecular weight excluding hydrogens is 336 g/mol. The third-order valence-electron chi connectivity index (χ3n) is 4.79. The summed E-state index contributed by atoms with van der Waals surface area (Å²) in [5, 5.41) is 1.24. The molecule has 4 rings (SSSR count). The Morgan fingerprint density at radius 2 is 1.88 bits per heavy atom. The molecule has 0 saturated carbocycles. The highest BCUT2D eigenvalue weighted by Crippen LogP contribution is 2.29. The molecule has 1 aliphatic rings. The quantitative estimate of drug-likeness (QED) is 0.755. The summed E-state index contributed by atoms with van der Waals surface area (Å²) < 4.78 is 33.2. The zero-order valence-electron chi connectivity index (χ0n) is 14.0. The van der Waals surface area contributed by atoms with E-state index < -0.39 is 10.0 Å². The smallest absolute Gasteiger partial charge is 0.240 e. The Morgan fingerprint density at radius 1 is 1.12 bits per heavy atom. The Kier molecular flexibility index (Phi) is 4.01. The van der Waals surface area contributed by atoms with E-state index in [1.165, 1.54) is 10.9 Å². The maximum atomic E-state index is 12.6. The van der Waals surface area contributed by atoms with Gasteiger partial charge in [-0.2, -0.15) is 0 Å². The number of H-pyrrole nitrogens is 1. The van der Waals surface area contributed by atoms with Gasteiger partial charge in [0.05, 0.1) is 12.0 Å². The Bertz CT molecular complexity index is 1010. The molecule has 0 amide bonds. The van der Waals surface area contributed by atoms with Crippen molar-refractivity contribution in [2.75, 3.05) is 7.11 Å². The highest BCUT2D eigenvalue weighted by Gasteiger charge is 2.26. The third-order valence-corrected chi connectivity index (χ3v) is 6.32. The maximum Gasteiger partial charge on any atom is 0.240 e. The van der Waals surface area contributed by atoms with E-state index in [1.807, 2.05) is 12.1 Å². The van der Waals surface area contributed by atoms with Crippen LogP contribution < -0.4 is 9.46 Å². The first kappa shape index (κ1) is 16.2. The molecule has 0 aliphatic heterocycles. The second-order valence-corrected chi connectivity index (χ2v) is 8.08. The minimum Gasteiger partial charge on any atom is -0.497 e. The molecule has 5 nitrogen and oxygen atoms in total. The van der Waals surface area contributed by atoms with Gasteiger partial charge in [-0.3, -0.25) is 0 Å². The van der Waals surface area contributed by atoms with Gasteiger partial charge in [-0.1, -0.05) is 18.2 Å². The molecule has 130 valence electrons. The van der Waals surface area contributed by atoms with Gasteiger partial charge in [0.2, 0.25) is 10.0 Å². The fraction of sp³-hybridized carbons (Fsp3) is 0.263. The molecule has 0 bridgehead atoms. The number of sulfonamides is 1. The van der Waals surface area contributed by atoms with Gasteiger partial charge in [-0.15, -0.1) is 0 Å². The molecule has 3 aromatic rings. The van der Waals surface area contributed by atoms with Gasteiger partial charge in [-0.05, 0) is 48.7 Å². The number of rotatable bonds is 4. The van der Waals surface area contributed by atoms with Crippen molar-refractivity contribution in [3.05, 3.63) is 59.8 Å². The summed E-state index contributed by atoms with van der Waals surface area (Å²) in [7, 11) is -1.98. The van der Waals surface area contributed by atoms with E-state index in [9.17, 15) is 8.42 Å². The van der Waals surface area contributed by atoms with Crippen LogP contribution in [0.1, 0.15) is 17.7 Å². The average molecular weight is 356 g/mol. The topological polar surface area (TPSA) is 71.2 Å². The normalized spacial score (nSPS) is 17.4. The van der Waals surface area contributed by atoms with Gasteiger partial charge >= 0.3 is 0 Å². The fourth-order valence-electron chi connectivity index (χ4n) is 3.53. The van der Waals surface area contributed by atoms with Crippen LogP contribution in [0.25, 0.3) is 10.9 Å². The molecule has 1 heterocycles. The molecule has 1 unspecified atom stereocenters. The van der Waals surface area contributed by atoms with Crippen LogP contribution in [0, 0.1) is 0 Å².